The predicted molar refractivity (Wildman–Crippen MR) is 118 cm³/mol. The second-order valence-corrected chi connectivity index (χ2v) is 9.42. The lowest BCUT2D eigenvalue weighted by molar-refractivity contribution is 0.0448. The van der Waals surface area contributed by atoms with Gasteiger partial charge in [-0.15, -0.1) is 11.3 Å². The Balaban J connectivity index is 1.33. The number of likely N-dealkylation sites (tertiary alicyclic amines) is 1. The van der Waals surface area contributed by atoms with Crippen molar-refractivity contribution in [1.82, 2.24) is 9.80 Å². The minimum absolute atomic E-state index is 0.179. The van der Waals surface area contributed by atoms with Gasteiger partial charge in [0.2, 0.25) is 0 Å². The molecular weight excluding hydrogens is 380 g/mol. The average molecular weight is 413 g/mol. The normalized spacial score (nSPS) is 20.8. The zero-order chi connectivity index (χ0) is 20.1. The van der Waals surface area contributed by atoms with Crippen molar-refractivity contribution in [3.05, 3.63) is 57.8 Å². The van der Waals surface area contributed by atoms with Crippen LogP contribution < -0.4 is 0 Å². The number of aryl methyl sites for hydroxylation is 1. The van der Waals surface area contributed by atoms with Crippen molar-refractivity contribution >= 4 is 17.2 Å². The van der Waals surface area contributed by atoms with E-state index in [1.54, 1.807) is 11.3 Å². The molecule has 2 aliphatic heterocycles. The van der Waals surface area contributed by atoms with Crippen molar-refractivity contribution in [1.29, 1.82) is 0 Å². The van der Waals surface area contributed by atoms with Crippen LogP contribution in [0.4, 0.5) is 0 Å². The van der Waals surface area contributed by atoms with Gasteiger partial charge in [0.25, 0.3) is 5.91 Å². The Morgan fingerprint density at radius 2 is 1.97 bits per heavy atom. The second kappa shape index (κ2) is 9.88. The molecular formula is C24H32N2O2S. The van der Waals surface area contributed by atoms with Gasteiger partial charge >= 0.3 is 0 Å². The quantitative estimate of drug-likeness (QED) is 0.667. The standard InChI is InChI=1S/C24H32N2O2S/c1-19-6-2-3-7-21(19)17-25-12-10-20(11-13-25)16-26(18-22-8-4-14-28-22)24(27)23-9-5-15-29-23/h2-3,5-7,9,15,20,22H,4,8,10-14,16-18H2,1H3. The highest BCUT2D eigenvalue weighted by Gasteiger charge is 2.28. The van der Waals surface area contributed by atoms with Crippen molar-refractivity contribution in [2.75, 3.05) is 32.8 Å². The van der Waals surface area contributed by atoms with Gasteiger partial charge in [-0.05, 0) is 74.2 Å². The van der Waals surface area contributed by atoms with Crippen LogP contribution in [0, 0.1) is 12.8 Å². The Hall–Kier alpha value is -1.69. The Morgan fingerprint density at radius 3 is 2.66 bits per heavy atom. The van der Waals surface area contributed by atoms with E-state index in [1.165, 1.54) is 11.1 Å². The third kappa shape index (κ3) is 5.47. The lowest BCUT2D eigenvalue weighted by atomic mass is 9.95. The molecule has 0 saturated carbocycles. The molecule has 2 saturated heterocycles. The van der Waals surface area contributed by atoms with E-state index in [0.717, 1.165) is 69.9 Å². The SMILES string of the molecule is Cc1ccccc1CN1CCC(CN(CC2CCCO2)C(=O)c2cccs2)CC1. The van der Waals surface area contributed by atoms with E-state index in [-0.39, 0.29) is 12.0 Å². The van der Waals surface area contributed by atoms with E-state index in [4.69, 9.17) is 4.74 Å². The van der Waals surface area contributed by atoms with Gasteiger partial charge in [0.1, 0.15) is 0 Å². The van der Waals surface area contributed by atoms with Crippen LogP contribution in [0.25, 0.3) is 0 Å². The summed E-state index contributed by atoms with van der Waals surface area (Å²) in [4.78, 5) is 18.6. The van der Waals surface area contributed by atoms with E-state index in [9.17, 15) is 4.79 Å². The molecule has 1 atom stereocenters. The van der Waals surface area contributed by atoms with E-state index in [2.05, 4.69) is 41.0 Å². The van der Waals surface area contributed by atoms with Crippen molar-refractivity contribution < 1.29 is 9.53 Å². The van der Waals surface area contributed by atoms with Gasteiger partial charge in [-0.1, -0.05) is 30.3 Å². The minimum atomic E-state index is 0.179. The van der Waals surface area contributed by atoms with E-state index >= 15 is 0 Å². The summed E-state index contributed by atoms with van der Waals surface area (Å²) in [6, 6.07) is 12.6. The first-order valence-electron chi connectivity index (χ1n) is 10.9. The lowest BCUT2D eigenvalue weighted by Gasteiger charge is -2.35. The molecule has 29 heavy (non-hydrogen) atoms. The molecule has 2 fully saturated rings. The Morgan fingerprint density at radius 1 is 1.14 bits per heavy atom. The molecule has 3 heterocycles. The van der Waals surface area contributed by atoms with Gasteiger partial charge in [-0.3, -0.25) is 9.69 Å². The molecule has 1 aromatic carbocycles. The van der Waals surface area contributed by atoms with Crippen LogP contribution in [0.2, 0.25) is 0 Å². The third-order valence-electron chi connectivity index (χ3n) is 6.31. The highest BCUT2D eigenvalue weighted by atomic mass is 32.1. The van der Waals surface area contributed by atoms with Crippen molar-refractivity contribution in [2.24, 2.45) is 5.92 Å². The number of ether oxygens (including phenoxy) is 1. The maximum atomic E-state index is 13.1. The van der Waals surface area contributed by atoms with Crippen LogP contribution in [-0.4, -0.2) is 54.6 Å². The molecule has 1 unspecified atom stereocenters. The molecule has 4 rings (SSSR count). The summed E-state index contributed by atoms with van der Waals surface area (Å²) in [7, 11) is 0. The van der Waals surface area contributed by atoms with E-state index in [1.807, 2.05) is 17.5 Å². The van der Waals surface area contributed by atoms with Gasteiger partial charge in [-0.2, -0.15) is 0 Å². The summed E-state index contributed by atoms with van der Waals surface area (Å²) in [5, 5.41) is 1.99. The summed E-state index contributed by atoms with van der Waals surface area (Å²) in [5.41, 5.74) is 2.80. The molecule has 5 heteroatoms. The van der Waals surface area contributed by atoms with Gasteiger partial charge in [0.05, 0.1) is 11.0 Å². The van der Waals surface area contributed by atoms with Crippen LogP contribution in [-0.2, 0) is 11.3 Å². The summed E-state index contributed by atoms with van der Waals surface area (Å²) < 4.78 is 5.84. The van der Waals surface area contributed by atoms with Crippen LogP contribution >= 0.6 is 11.3 Å². The van der Waals surface area contributed by atoms with E-state index < -0.39 is 0 Å². The first-order chi connectivity index (χ1) is 14.2. The molecule has 0 bridgehead atoms. The highest BCUT2D eigenvalue weighted by Crippen LogP contribution is 2.24. The first kappa shape index (κ1) is 20.6. The molecule has 0 spiro atoms. The Labute approximate surface area is 178 Å². The monoisotopic (exact) mass is 412 g/mol. The summed E-state index contributed by atoms with van der Waals surface area (Å²) in [6.07, 6.45) is 4.71. The number of hydrogen-bond acceptors (Lipinski definition) is 4. The van der Waals surface area contributed by atoms with Crippen LogP contribution in [0.15, 0.2) is 41.8 Å². The highest BCUT2D eigenvalue weighted by molar-refractivity contribution is 7.12. The fraction of sp³-hybridized carbons (Fsp3) is 0.542. The number of piperidine rings is 1. The summed E-state index contributed by atoms with van der Waals surface area (Å²) >= 11 is 1.54. The van der Waals surface area contributed by atoms with Gasteiger partial charge < -0.3 is 9.64 Å². The second-order valence-electron chi connectivity index (χ2n) is 8.47. The molecule has 0 N–H and O–H groups in total. The summed E-state index contributed by atoms with van der Waals surface area (Å²) in [5.74, 6) is 0.756. The van der Waals surface area contributed by atoms with Gasteiger partial charge in [0, 0.05) is 26.2 Å². The molecule has 4 nitrogen and oxygen atoms in total. The number of thiophene rings is 1. The molecule has 0 aliphatic carbocycles. The first-order valence-corrected chi connectivity index (χ1v) is 11.8. The number of nitrogens with zero attached hydrogens (tertiary/aromatic N) is 2. The Bertz CT molecular complexity index is 778. The number of amides is 1. The smallest absolute Gasteiger partial charge is 0.264 e. The topological polar surface area (TPSA) is 32.8 Å². The number of benzene rings is 1. The fourth-order valence-corrected chi connectivity index (χ4v) is 5.19. The molecule has 1 amide bonds. The van der Waals surface area contributed by atoms with Crippen molar-refractivity contribution in [3.8, 4) is 0 Å². The maximum Gasteiger partial charge on any atom is 0.264 e. The molecule has 156 valence electrons. The Kier molecular flexibility index (Phi) is 7.01. The van der Waals surface area contributed by atoms with Crippen molar-refractivity contribution in [3.63, 3.8) is 0 Å². The third-order valence-corrected chi connectivity index (χ3v) is 7.17. The maximum absolute atomic E-state index is 13.1. The number of hydrogen-bond donors (Lipinski definition) is 0. The van der Waals surface area contributed by atoms with Gasteiger partial charge in [0.15, 0.2) is 0 Å². The van der Waals surface area contributed by atoms with Gasteiger partial charge in [-0.25, -0.2) is 0 Å². The number of carbonyl (C=O) groups is 1. The zero-order valence-electron chi connectivity index (χ0n) is 17.4. The number of rotatable bonds is 7. The van der Waals surface area contributed by atoms with Crippen molar-refractivity contribution in [2.45, 2.75) is 45.3 Å². The zero-order valence-corrected chi connectivity index (χ0v) is 18.2. The molecule has 1 aromatic heterocycles. The molecule has 0 radical (unpaired) electrons. The number of carbonyl (C=O) groups excluding carboxylic acids is 1. The van der Waals surface area contributed by atoms with E-state index in [0.29, 0.717) is 5.92 Å². The van der Waals surface area contributed by atoms with Crippen LogP contribution in [0.1, 0.15) is 46.5 Å². The fourth-order valence-electron chi connectivity index (χ4n) is 4.50. The largest absolute Gasteiger partial charge is 0.376 e. The predicted octanol–water partition coefficient (Wildman–Crippen LogP) is 4.59. The lowest BCUT2D eigenvalue weighted by Crippen LogP contribution is -2.43. The molecule has 2 aliphatic rings. The summed E-state index contributed by atoms with van der Waals surface area (Å²) in [6.45, 7) is 7.88. The van der Waals surface area contributed by atoms with Crippen LogP contribution in [0.3, 0.4) is 0 Å². The molecule has 2 aromatic rings. The minimum Gasteiger partial charge on any atom is -0.376 e. The van der Waals surface area contributed by atoms with Crippen LogP contribution in [0.5, 0.6) is 0 Å². The average Bonchev–Trinajstić information content (AvgIpc) is 3.44.